The molecule has 1 spiro atoms. The summed E-state index contributed by atoms with van der Waals surface area (Å²) < 4.78 is 1.94. The number of halogens is 1. The highest BCUT2D eigenvalue weighted by atomic mass is 35.5. The molecule has 1 aliphatic heterocycles. The van der Waals surface area contributed by atoms with Crippen molar-refractivity contribution >= 4 is 40.8 Å². The third-order valence-corrected chi connectivity index (χ3v) is 8.82. The Kier molecular flexibility index (Phi) is 5.29. The lowest BCUT2D eigenvalue weighted by Crippen LogP contribution is -2.45. The molecule has 1 atom stereocenters. The van der Waals surface area contributed by atoms with Crippen LogP contribution in [0.5, 0.6) is 0 Å². The molecule has 0 aromatic carbocycles. The zero-order valence-corrected chi connectivity index (χ0v) is 20.3. The van der Waals surface area contributed by atoms with E-state index in [4.69, 9.17) is 28.1 Å². The Hall–Kier alpha value is -3.39. The van der Waals surface area contributed by atoms with E-state index in [2.05, 4.69) is 32.0 Å². The minimum Gasteiger partial charge on any atom is -0.382 e. The molecule has 4 aromatic rings. The van der Waals surface area contributed by atoms with E-state index in [0.717, 1.165) is 38.0 Å². The van der Waals surface area contributed by atoms with Crippen molar-refractivity contribution in [2.24, 2.45) is 11.1 Å². The molecule has 9 nitrogen and oxygen atoms in total. The summed E-state index contributed by atoms with van der Waals surface area (Å²) in [5.41, 5.74) is 15.8. The number of piperidine rings is 1. The number of fused-ring (bicyclic) bond motifs is 2. The van der Waals surface area contributed by atoms with Crippen LogP contribution in [0.2, 0.25) is 5.02 Å². The monoisotopic (exact) mass is 503 g/mol. The zero-order valence-electron chi connectivity index (χ0n) is 18.7. The molecule has 1 unspecified atom stereocenters. The lowest BCUT2D eigenvalue weighted by atomic mass is 9.73. The molecular formula is C24H22ClN9S. The number of nitrogens with two attached hydrogens (primary N) is 2. The fourth-order valence-electron chi connectivity index (χ4n) is 5.26. The summed E-state index contributed by atoms with van der Waals surface area (Å²) in [6.45, 7) is 1.57. The quantitative estimate of drug-likeness (QED) is 0.429. The first-order valence-corrected chi connectivity index (χ1v) is 12.5. The summed E-state index contributed by atoms with van der Waals surface area (Å²) in [5.74, 6) is 0.944. The minimum absolute atomic E-state index is 0.00706. The topological polar surface area (TPSA) is 135 Å². The van der Waals surface area contributed by atoms with Gasteiger partial charge in [-0.3, -0.25) is 9.38 Å². The fourth-order valence-corrected chi connectivity index (χ4v) is 6.46. The number of imidazole rings is 1. The van der Waals surface area contributed by atoms with Crippen LogP contribution in [0.4, 0.5) is 11.8 Å². The summed E-state index contributed by atoms with van der Waals surface area (Å²) >= 11 is 7.67. The van der Waals surface area contributed by atoms with Crippen LogP contribution in [0, 0.1) is 16.7 Å². The van der Waals surface area contributed by atoms with E-state index in [0.29, 0.717) is 32.1 Å². The second-order valence-corrected chi connectivity index (χ2v) is 10.4. The number of aromatic nitrogens is 5. The first-order chi connectivity index (χ1) is 17.0. The van der Waals surface area contributed by atoms with Gasteiger partial charge in [0.15, 0.2) is 11.3 Å². The normalized spacial score (nSPS) is 18.7. The van der Waals surface area contributed by atoms with Crippen molar-refractivity contribution in [1.29, 1.82) is 5.26 Å². The summed E-state index contributed by atoms with van der Waals surface area (Å²) in [6.07, 6.45) is 9.77. The van der Waals surface area contributed by atoms with Crippen LogP contribution in [0.1, 0.15) is 35.8 Å². The van der Waals surface area contributed by atoms with Crippen molar-refractivity contribution in [3.05, 3.63) is 65.0 Å². The van der Waals surface area contributed by atoms with Crippen LogP contribution in [-0.2, 0) is 6.42 Å². The van der Waals surface area contributed by atoms with E-state index in [1.807, 2.05) is 22.9 Å². The number of rotatable bonds is 3. The van der Waals surface area contributed by atoms with E-state index in [9.17, 15) is 5.26 Å². The van der Waals surface area contributed by atoms with Crippen LogP contribution >= 0.6 is 23.4 Å². The number of nitriles is 1. The maximum atomic E-state index is 9.97. The molecule has 0 bridgehead atoms. The molecule has 2 aliphatic rings. The number of hydrogen-bond acceptors (Lipinski definition) is 9. The molecule has 1 fully saturated rings. The molecule has 11 heteroatoms. The molecule has 0 amide bonds. The zero-order chi connectivity index (χ0) is 24.2. The van der Waals surface area contributed by atoms with Crippen LogP contribution in [0.15, 0.2) is 52.8 Å². The Bertz CT molecular complexity index is 1490. The maximum absolute atomic E-state index is 9.97. The molecule has 4 aromatic heterocycles. The third-order valence-electron chi connectivity index (χ3n) is 7.17. The van der Waals surface area contributed by atoms with Gasteiger partial charge in [0.2, 0.25) is 5.95 Å². The first-order valence-electron chi connectivity index (χ1n) is 11.3. The summed E-state index contributed by atoms with van der Waals surface area (Å²) in [6, 6.07) is 8.06. The van der Waals surface area contributed by atoms with Crippen molar-refractivity contribution < 1.29 is 0 Å². The molecule has 1 saturated heterocycles. The van der Waals surface area contributed by atoms with Crippen molar-refractivity contribution in [2.45, 2.75) is 35.1 Å². The van der Waals surface area contributed by atoms with Gasteiger partial charge >= 0.3 is 0 Å². The number of anilines is 2. The summed E-state index contributed by atoms with van der Waals surface area (Å²) in [5, 5.41) is 10.3. The molecule has 0 saturated carbocycles. The molecule has 6 rings (SSSR count). The van der Waals surface area contributed by atoms with Crippen LogP contribution in [-0.4, -0.2) is 37.4 Å². The van der Waals surface area contributed by atoms with E-state index >= 15 is 0 Å². The van der Waals surface area contributed by atoms with Gasteiger partial charge in [-0.2, -0.15) is 5.26 Å². The number of pyridine rings is 2. The average molecular weight is 504 g/mol. The van der Waals surface area contributed by atoms with Gasteiger partial charge in [-0.1, -0.05) is 29.4 Å². The number of hydrogen-bond donors (Lipinski definition) is 2. The van der Waals surface area contributed by atoms with Gasteiger partial charge in [-0.15, -0.1) is 0 Å². The highest BCUT2D eigenvalue weighted by Crippen LogP contribution is 2.50. The molecule has 35 heavy (non-hydrogen) atoms. The van der Waals surface area contributed by atoms with Crippen LogP contribution in [0.25, 0.3) is 5.65 Å². The predicted octanol–water partition coefficient (Wildman–Crippen LogP) is 3.62. The third kappa shape index (κ3) is 3.50. The van der Waals surface area contributed by atoms with Gasteiger partial charge in [0.1, 0.15) is 11.9 Å². The maximum Gasteiger partial charge on any atom is 0.212 e. The first kappa shape index (κ1) is 22.1. The molecule has 1 aliphatic carbocycles. The Balaban J connectivity index is 1.32. The van der Waals surface area contributed by atoms with Crippen molar-refractivity contribution in [3.63, 3.8) is 0 Å². The number of nitrogen functional groups attached to an aromatic ring is 1. The van der Waals surface area contributed by atoms with Crippen LogP contribution in [0.3, 0.4) is 0 Å². The lowest BCUT2D eigenvalue weighted by molar-refractivity contribution is 0.186. The van der Waals surface area contributed by atoms with Crippen LogP contribution < -0.4 is 16.4 Å². The number of nitrogens with zero attached hydrogens (tertiary/aromatic N) is 7. The van der Waals surface area contributed by atoms with Crippen molar-refractivity contribution in [2.75, 3.05) is 23.7 Å². The SMILES string of the molecule is N#Cc1nc(N2CCC3(CC2)Cc2ncccc2C3N)n2ccnc2c1Sc1ccnc(N)c1Cl. The fraction of sp³-hybridized carbons (Fsp3) is 0.292. The van der Waals surface area contributed by atoms with E-state index in [-0.39, 0.29) is 17.3 Å². The smallest absolute Gasteiger partial charge is 0.212 e. The van der Waals surface area contributed by atoms with E-state index < -0.39 is 0 Å². The van der Waals surface area contributed by atoms with Crippen molar-refractivity contribution in [3.8, 4) is 6.07 Å². The molecule has 4 N–H and O–H groups in total. The van der Waals surface area contributed by atoms with E-state index in [1.165, 1.54) is 17.3 Å². The Labute approximate surface area is 211 Å². The molecule has 0 radical (unpaired) electrons. The minimum atomic E-state index is -0.0134. The molecule has 5 heterocycles. The van der Waals surface area contributed by atoms with Gasteiger partial charge in [0.05, 0.1) is 9.92 Å². The second kappa shape index (κ2) is 8.37. The Morgan fingerprint density at radius 3 is 2.74 bits per heavy atom. The van der Waals surface area contributed by atoms with Gasteiger partial charge in [-0.05, 0) is 42.4 Å². The highest BCUT2D eigenvalue weighted by Gasteiger charge is 2.47. The van der Waals surface area contributed by atoms with Gasteiger partial charge in [0, 0.05) is 54.5 Å². The van der Waals surface area contributed by atoms with E-state index in [1.54, 1.807) is 18.5 Å². The highest BCUT2D eigenvalue weighted by molar-refractivity contribution is 7.99. The predicted molar refractivity (Wildman–Crippen MR) is 134 cm³/mol. The van der Waals surface area contributed by atoms with Gasteiger partial charge < -0.3 is 16.4 Å². The standard InChI is InChI=1S/C24H22ClN9S/c25-18-17(3-7-30-21(18)28)35-19-16(13-26)32-23(34-11-8-31-22(19)34)33-9-4-24(5-10-33)12-15-14(20(24)27)2-1-6-29-15/h1-3,6-8,11,20H,4-5,9-10,12,27H2,(H2,28,30). The largest absolute Gasteiger partial charge is 0.382 e. The summed E-state index contributed by atoms with van der Waals surface area (Å²) in [4.78, 5) is 21.4. The lowest BCUT2D eigenvalue weighted by Gasteiger charge is -2.42. The second-order valence-electron chi connectivity index (χ2n) is 8.98. The molecular weight excluding hydrogens is 482 g/mol. The van der Waals surface area contributed by atoms with Gasteiger partial charge in [0.25, 0.3) is 0 Å². The Morgan fingerprint density at radius 2 is 1.97 bits per heavy atom. The van der Waals surface area contributed by atoms with Gasteiger partial charge in [-0.25, -0.2) is 15.0 Å². The Morgan fingerprint density at radius 1 is 1.14 bits per heavy atom. The average Bonchev–Trinajstić information content (AvgIpc) is 3.47. The molecule has 176 valence electrons. The summed E-state index contributed by atoms with van der Waals surface area (Å²) in [7, 11) is 0. The van der Waals surface area contributed by atoms with Crippen molar-refractivity contribution in [1.82, 2.24) is 24.3 Å².